The van der Waals surface area contributed by atoms with E-state index >= 15 is 0 Å². The molecule has 0 saturated heterocycles. The Labute approximate surface area is 156 Å². The van der Waals surface area contributed by atoms with Crippen molar-refractivity contribution in [2.45, 2.75) is 52.1 Å². The average molecular weight is 348 g/mol. The first-order valence-electron chi connectivity index (χ1n) is 9.49. The van der Waals surface area contributed by atoms with Crippen LogP contribution in [-0.4, -0.2) is 10.5 Å². The van der Waals surface area contributed by atoms with E-state index in [-0.39, 0.29) is 5.91 Å². The van der Waals surface area contributed by atoms with Crippen molar-refractivity contribution < 1.29 is 4.79 Å². The zero-order chi connectivity index (χ0) is 18.6. The van der Waals surface area contributed by atoms with Crippen molar-refractivity contribution in [3.63, 3.8) is 0 Å². The van der Waals surface area contributed by atoms with E-state index in [1.54, 1.807) is 0 Å². The summed E-state index contributed by atoms with van der Waals surface area (Å²) in [5.74, 6) is -0.0217. The molecule has 1 aromatic heterocycles. The van der Waals surface area contributed by atoms with Gasteiger partial charge in [0.2, 0.25) is 0 Å². The molecule has 0 aliphatic heterocycles. The fraction of sp³-hybridized carbons (Fsp3) is 0.348. The van der Waals surface area contributed by atoms with Crippen LogP contribution in [0.15, 0.2) is 60.7 Å². The van der Waals surface area contributed by atoms with Gasteiger partial charge in [0.1, 0.15) is 5.69 Å². The quantitative estimate of drug-likeness (QED) is 0.562. The number of benzene rings is 2. The Morgan fingerprint density at radius 2 is 1.69 bits per heavy atom. The van der Waals surface area contributed by atoms with Crippen LogP contribution in [0, 0.1) is 0 Å². The maximum absolute atomic E-state index is 13.1. The van der Waals surface area contributed by atoms with Gasteiger partial charge in [0.15, 0.2) is 0 Å². The van der Waals surface area contributed by atoms with Crippen LogP contribution < -0.4 is 5.32 Å². The van der Waals surface area contributed by atoms with Crippen molar-refractivity contribution in [2.75, 3.05) is 0 Å². The topological polar surface area (TPSA) is 34.0 Å². The molecule has 0 radical (unpaired) electrons. The summed E-state index contributed by atoms with van der Waals surface area (Å²) in [6.07, 6.45) is 3.42. The smallest absolute Gasteiger partial charge is 0.268 e. The third-order valence-corrected chi connectivity index (χ3v) is 4.95. The van der Waals surface area contributed by atoms with E-state index in [2.05, 4.69) is 41.1 Å². The SMILES string of the molecule is CCCCCn1c(C(=O)NC(C)(C)c2ccccc2)cc2ccccc21. The number of nitrogens with zero attached hydrogens (tertiary/aromatic N) is 1. The number of fused-ring (bicyclic) bond motifs is 1. The average Bonchev–Trinajstić information content (AvgIpc) is 3.01. The Bertz CT molecular complexity index is 878. The van der Waals surface area contributed by atoms with Crippen LogP contribution in [-0.2, 0) is 12.1 Å². The maximum Gasteiger partial charge on any atom is 0.268 e. The number of nitrogens with one attached hydrogen (secondary N) is 1. The summed E-state index contributed by atoms with van der Waals surface area (Å²) < 4.78 is 2.17. The first-order valence-corrected chi connectivity index (χ1v) is 9.49. The highest BCUT2D eigenvalue weighted by atomic mass is 16.2. The lowest BCUT2D eigenvalue weighted by Gasteiger charge is -2.27. The minimum Gasteiger partial charge on any atom is -0.342 e. The third kappa shape index (κ3) is 3.82. The molecule has 0 saturated carbocycles. The molecule has 2 aromatic carbocycles. The predicted molar refractivity (Wildman–Crippen MR) is 108 cm³/mol. The van der Waals surface area contributed by atoms with Crippen LogP contribution in [0.4, 0.5) is 0 Å². The Morgan fingerprint density at radius 1 is 1.00 bits per heavy atom. The van der Waals surface area contributed by atoms with Crippen molar-refractivity contribution in [3.8, 4) is 0 Å². The van der Waals surface area contributed by atoms with Gasteiger partial charge in [-0.2, -0.15) is 0 Å². The van der Waals surface area contributed by atoms with Gasteiger partial charge in [0.25, 0.3) is 5.91 Å². The van der Waals surface area contributed by atoms with E-state index in [9.17, 15) is 4.79 Å². The number of rotatable bonds is 7. The summed E-state index contributed by atoms with van der Waals surface area (Å²) in [5, 5.41) is 4.34. The fourth-order valence-corrected chi connectivity index (χ4v) is 3.43. The molecule has 0 atom stereocenters. The normalized spacial score (nSPS) is 11.7. The van der Waals surface area contributed by atoms with E-state index in [0.717, 1.165) is 35.1 Å². The highest BCUT2D eigenvalue weighted by Gasteiger charge is 2.25. The number of hydrogen-bond acceptors (Lipinski definition) is 1. The first kappa shape index (κ1) is 18.2. The summed E-state index contributed by atoms with van der Waals surface area (Å²) in [4.78, 5) is 13.1. The van der Waals surface area contributed by atoms with Crippen LogP contribution in [0.3, 0.4) is 0 Å². The number of amides is 1. The van der Waals surface area contributed by atoms with Gasteiger partial charge < -0.3 is 9.88 Å². The molecule has 3 rings (SSSR count). The second-order valence-electron chi connectivity index (χ2n) is 7.39. The predicted octanol–water partition coefficient (Wildman–Crippen LogP) is 5.50. The molecule has 1 heterocycles. The van der Waals surface area contributed by atoms with Crippen molar-refractivity contribution >= 4 is 16.8 Å². The molecule has 0 bridgehead atoms. The van der Waals surface area contributed by atoms with Gasteiger partial charge in [-0.05, 0) is 38.0 Å². The lowest BCUT2D eigenvalue weighted by molar-refractivity contribution is 0.0902. The van der Waals surface area contributed by atoms with Gasteiger partial charge in [-0.3, -0.25) is 4.79 Å². The van der Waals surface area contributed by atoms with Crippen molar-refractivity contribution in [3.05, 3.63) is 71.9 Å². The molecule has 3 nitrogen and oxygen atoms in total. The summed E-state index contributed by atoms with van der Waals surface area (Å²) in [6, 6.07) is 20.3. The zero-order valence-corrected chi connectivity index (χ0v) is 16.0. The van der Waals surface area contributed by atoms with Gasteiger partial charge in [-0.15, -0.1) is 0 Å². The Morgan fingerprint density at radius 3 is 2.42 bits per heavy atom. The Hall–Kier alpha value is -2.55. The van der Waals surface area contributed by atoms with E-state index < -0.39 is 5.54 Å². The standard InChI is InChI=1S/C23H28N2O/c1-4-5-11-16-25-20-15-10-9-12-18(20)17-21(25)22(26)24-23(2,3)19-13-7-6-8-14-19/h6-10,12-15,17H,4-5,11,16H2,1-3H3,(H,24,26). The van der Waals surface area contributed by atoms with Gasteiger partial charge in [0, 0.05) is 17.4 Å². The van der Waals surface area contributed by atoms with Crippen LogP contribution in [0.1, 0.15) is 56.1 Å². The molecular formula is C23H28N2O. The second kappa shape index (κ2) is 7.77. The molecule has 0 unspecified atom stereocenters. The number of hydrogen-bond donors (Lipinski definition) is 1. The highest BCUT2D eigenvalue weighted by Crippen LogP contribution is 2.24. The minimum atomic E-state index is -0.428. The largest absolute Gasteiger partial charge is 0.342 e. The Balaban J connectivity index is 1.91. The van der Waals surface area contributed by atoms with Gasteiger partial charge >= 0.3 is 0 Å². The summed E-state index contributed by atoms with van der Waals surface area (Å²) in [7, 11) is 0. The van der Waals surface area contributed by atoms with Crippen LogP contribution >= 0.6 is 0 Å². The molecule has 0 spiro atoms. The molecule has 26 heavy (non-hydrogen) atoms. The van der Waals surface area contributed by atoms with E-state index in [0.29, 0.717) is 0 Å². The summed E-state index contributed by atoms with van der Waals surface area (Å²) >= 11 is 0. The second-order valence-corrected chi connectivity index (χ2v) is 7.39. The Kier molecular flexibility index (Phi) is 5.46. The van der Waals surface area contributed by atoms with Gasteiger partial charge in [-0.1, -0.05) is 68.3 Å². The minimum absolute atomic E-state index is 0.0217. The lowest BCUT2D eigenvalue weighted by Crippen LogP contribution is -2.41. The molecule has 0 aliphatic rings. The number of para-hydroxylation sites is 1. The van der Waals surface area contributed by atoms with E-state index in [4.69, 9.17) is 0 Å². The third-order valence-electron chi connectivity index (χ3n) is 4.95. The van der Waals surface area contributed by atoms with Crippen LogP contribution in [0.5, 0.6) is 0 Å². The number of carbonyl (C=O) groups excluding carboxylic acids is 1. The number of aryl methyl sites for hydroxylation is 1. The molecular weight excluding hydrogens is 320 g/mol. The van der Waals surface area contributed by atoms with E-state index in [1.165, 1.54) is 12.8 Å². The molecule has 0 fully saturated rings. The number of carbonyl (C=O) groups is 1. The van der Waals surface area contributed by atoms with Gasteiger partial charge in [-0.25, -0.2) is 0 Å². The number of unbranched alkanes of at least 4 members (excludes halogenated alkanes) is 2. The summed E-state index contributed by atoms with van der Waals surface area (Å²) in [5.41, 5.74) is 2.54. The van der Waals surface area contributed by atoms with Crippen molar-refractivity contribution in [1.82, 2.24) is 9.88 Å². The number of aromatic nitrogens is 1. The van der Waals surface area contributed by atoms with E-state index in [1.807, 2.05) is 50.2 Å². The molecule has 3 heteroatoms. The van der Waals surface area contributed by atoms with Gasteiger partial charge in [0.05, 0.1) is 5.54 Å². The van der Waals surface area contributed by atoms with Crippen molar-refractivity contribution in [2.24, 2.45) is 0 Å². The molecule has 3 aromatic rings. The van der Waals surface area contributed by atoms with Crippen LogP contribution in [0.25, 0.3) is 10.9 Å². The molecule has 0 aliphatic carbocycles. The van der Waals surface area contributed by atoms with Crippen LogP contribution in [0.2, 0.25) is 0 Å². The molecule has 1 amide bonds. The lowest BCUT2D eigenvalue weighted by atomic mass is 9.94. The van der Waals surface area contributed by atoms with Crippen molar-refractivity contribution in [1.29, 1.82) is 0 Å². The fourth-order valence-electron chi connectivity index (χ4n) is 3.43. The zero-order valence-electron chi connectivity index (χ0n) is 16.0. The molecule has 136 valence electrons. The molecule has 1 N–H and O–H groups in total. The monoisotopic (exact) mass is 348 g/mol. The first-order chi connectivity index (χ1) is 12.5. The maximum atomic E-state index is 13.1. The highest BCUT2D eigenvalue weighted by molar-refractivity contribution is 5.99. The summed E-state index contributed by atoms with van der Waals surface area (Å²) in [6.45, 7) is 7.16.